The van der Waals surface area contributed by atoms with Gasteiger partial charge in [-0.1, -0.05) is 0 Å². The van der Waals surface area contributed by atoms with Crippen LogP contribution in [0.3, 0.4) is 0 Å². The number of aromatic nitrogens is 2. The number of hydrogen-bond donors (Lipinski definition) is 1. The summed E-state index contributed by atoms with van der Waals surface area (Å²) in [6.45, 7) is 1.17. The fourth-order valence-corrected chi connectivity index (χ4v) is 1.72. The van der Waals surface area contributed by atoms with Crippen molar-refractivity contribution in [3.05, 3.63) is 18.7 Å². The maximum atomic E-state index is 11.8. The van der Waals surface area contributed by atoms with Crippen molar-refractivity contribution >= 4 is 6.03 Å². The highest BCUT2D eigenvalue weighted by atomic mass is 16.5. The number of methoxy groups -OCH3 is 1. The summed E-state index contributed by atoms with van der Waals surface area (Å²) < 4.78 is 11.9. The summed E-state index contributed by atoms with van der Waals surface area (Å²) in [6, 6.07) is -0.194. The van der Waals surface area contributed by atoms with Crippen LogP contribution in [0.1, 0.15) is 6.42 Å². The van der Waals surface area contributed by atoms with E-state index in [1.165, 1.54) is 10.9 Å². The number of rotatable bonds is 2. The van der Waals surface area contributed by atoms with E-state index in [1.54, 1.807) is 19.5 Å². The third-order valence-electron chi connectivity index (χ3n) is 2.65. The Labute approximate surface area is 93.6 Å². The molecule has 2 atom stereocenters. The molecule has 0 saturated carbocycles. The van der Waals surface area contributed by atoms with Crippen LogP contribution in [-0.2, 0) is 9.47 Å². The molecule has 1 amide bonds. The van der Waals surface area contributed by atoms with Crippen molar-refractivity contribution in [2.24, 2.45) is 0 Å². The van der Waals surface area contributed by atoms with Crippen LogP contribution in [0.15, 0.2) is 18.7 Å². The Balaban J connectivity index is 1.95. The zero-order valence-electron chi connectivity index (χ0n) is 9.13. The Kier molecular flexibility index (Phi) is 3.53. The first-order valence-corrected chi connectivity index (χ1v) is 5.20. The maximum Gasteiger partial charge on any atom is 0.327 e. The second-order valence-corrected chi connectivity index (χ2v) is 3.66. The van der Waals surface area contributed by atoms with Gasteiger partial charge in [0.05, 0.1) is 12.6 Å². The van der Waals surface area contributed by atoms with E-state index in [4.69, 9.17) is 9.47 Å². The van der Waals surface area contributed by atoms with E-state index in [-0.39, 0.29) is 18.2 Å². The van der Waals surface area contributed by atoms with E-state index in [0.717, 1.165) is 6.42 Å². The van der Waals surface area contributed by atoms with Gasteiger partial charge in [-0.05, 0) is 6.42 Å². The van der Waals surface area contributed by atoms with E-state index in [2.05, 4.69) is 10.3 Å². The minimum Gasteiger partial charge on any atom is -0.379 e. The molecule has 16 heavy (non-hydrogen) atoms. The number of carbonyl (C=O) groups is 1. The second-order valence-electron chi connectivity index (χ2n) is 3.66. The number of carbonyl (C=O) groups excluding carboxylic acids is 1. The smallest absolute Gasteiger partial charge is 0.327 e. The van der Waals surface area contributed by atoms with Gasteiger partial charge in [0.1, 0.15) is 12.4 Å². The standard InChI is InChI=1S/C10H15N3O3/c1-15-9-6-16-5-2-8(9)12-10(14)13-4-3-11-7-13/h3-4,7-9H,2,5-6H2,1H3,(H,12,14). The summed E-state index contributed by atoms with van der Waals surface area (Å²) in [5.41, 5.74) is 0. The van der Waals surface area contributed by atoms with E-state index in [0.29, 0.717) is 13.2 Å². The number of imidazole rings is 1. The normalized spacial score (nSPS) is 25.3. The summed E-state index contributed by atoms with van der Waals surface area (Å²) in [5.74, 6) is 0. The molecule has 1 aliphatic heterocycles. The molecule has 0 radical (unpaired) electrons. The summed E-state index contributed by atoms with van der Waals surface area (Å²) in [4.78, 5) is 15.6. The Bertz CT molecular complexity index is 339. The molecular weight excluding hydrogens is 210 g/mol. The zero-order valence-corrected chi connectivity index (χ0v) is 9.13. The van der Waals surface area contributed by atoms with Gasteiger partial charge in [-0.15, -0.1) is 0 Å². The molecule has 0 spiro atoms. The summed E-state index contributed by atoms with van der Waals surface area (Å²) >= 11 is 0. The molecule has 1 N–H and O–H groups in total. The van der Waals surface area contributed by atoms with Crippen LogP contribution in [0.5, 0.6) is 0 Å². The molecule has 6 nitrogen and oxygen atoms in total. The Morgan fingerprint density at radius 1 is 1.69 bits per heavy atom. The van der Waals surface area contributed by atoms with Crippen molar-refractivity contribution in [3.8, 4) is 0 Å². The van der Waals surface area contributed by atoms with Crippen LogP contribution < -0.4 is 5.32 Å². The van der Waals surface area contributed by atoms with Crippen molar-refractivity contribution in [1.82, 2.24) is 14.9 Å². The lowest BCUT2D eigenvalue weighted by Crippen LogP contribution is -2.50. The van der Waals surface area contributed by atoms with Crippen LogP contribution in [-0.4, -0.2) is 48.1 Å². The second kappa shape index (κ2) is 5.09. The number of nitrogens with one attached hydrogen (secondary N) is 1. The molecule has 1 aromatic heterocycles. The average molecular weight is 225 g/mol. The Morgan fingerprint density at radius 3 is 3.25 bits per heavy atom. The van der Waals surface area contributed by atoms with Crippen LogP contribution >= 0.6 is 0 Å². The molecular formula is C10H15N3O3. The van der Waals surface area contributed by atoms with Gasteiger partial charge < -0.3 is 14.8 Å². The van der Waals surface area contributed by atoms with Crippen LogP contribution in [0.25, 0.3) is 0 Å². The third-order valence-corrected chi connectivity index (χ3v) is 2.65. The molecule has 0 bridgehead atoms. The molecule has 0 aromatic carbocycles. The quantitative estimate of drug-likeness (QED) is 0.783. The van der Waals surface area contributed by atoms with Gasteiger partial charge in [0.2, 0.25) is 0 Å². The summed E-state index contributed by atoms with van der Waals surface area (Å²) in [7, 11) is 1.62. The zero-order chi connectivity index (χ0) is 11.4. The molecule has 1 aliphatic rings. The molecule has 2 heterocycles. The number of hydrogen-bond acceptors (Lipinski definition) is 4. The van der Waals surface area contributed by atoms with Gasteiger partial charge in [-0.25, -0.2) is 9.78 Å². The van der Waals surface area contributed by atoms with Crippen molar-refractivity contribution in [2.45, 2.75) is 18.6 Å². The first-order valence-electron chi connectivity index (χ1n) is 5.20. The lowest BCUT2D eigenvalue weighted by atomic mass is 10.1. The van der Waals surface area contributed by atoms with E-state index >= 15 is 0 Å². The Morgan fingerprint density at radius 2 is 2.56 bits per heavy atom. The fraction of sp³-hybridized carbons (Fsp3) is 0.600. The van der Waals surface area contributed by atoms with Crippen molar-refractivity contribution in [2.75, 3.05) is 20.3 Å². The van der Waals surface area contributed by atoms with E-state index in [1.807, 2.05) is 0 Å². The lowest BCUT2D eigenvalue weighted by molar-refractivity contribution is -0.0469. The van der Waals surface area contributed by atoms with Crippen LogP contribution in [0.4, 0.5) is 4.79 Å². The van der Waals surface area contributed by atoms with Crippen LogP contribution in [0.2, 0.25) is 0 Å². The summed E-state index contributed by atoms with van der Waals surface area (Å²) in [5, 5.41) is 2.90. The molecule has 0 aliphatic carbocycles. The molecule has 1 fully saturated rings. The molecule has 2 rings (SSSR count). The molecule has 1 aromatic rings. The van der Waals surface area contributed by atoms with Gasteiger partial charge in [0, 0.05) is 26.1 Å². The summed E-state index contributed by atoms with van der Waals surface area (Å²) in [6.07, 6.45) is 5.32. The SMILES string of the molecule is COC1COCCC1NC(=O)n1ccnc1. The average Bonchev–Trinajstić information content (AvgIpc) is 2.83. The molecule has 1 saturated heterocycles. The first kappa shape index (κ1) is 11.1. The Hall–Kier alpha value is -1.40. The highest BCUT2D eigenvalue weighted by molar-refractivity contribution is 5.76. The monoisotopic (exact) mass is 225 g/mol. The van der Waals surface area contributed by atoms with Gasteiger partial charge in [0.25, 0.3) is 0 Å². The van der Waals surface area contributed by atoms with E-state index < -0.39 is 0 Å². The topological polar surface area (TPSA) is 65.4 Å². The molecule has 88 valence electrons. The predicted octanol–water partition coefficient (Wildman–Crippen LogP) is 0.245. The minimum atomic E-state index is -0.188. The fourth-order valence-electron chi connectivity index (χ4n) is 1.72. The highest BCUT2D eigenvalue weighted by Crippen LogP contribution is 2.10. The van der Waals surface area contributed by atoms with E-state index in [9.17, 15) is 4.79 Å². The minimum absolute atomic E-state index is 0.00588. The largest absolute Gasteiger partial charge is 0.379 e. The van der Waals surface area contributed by atoms with Gasteiger partial charge >= 0.3 is 6.03 Å². The van der Waals surface area contributed by atoms with Crippen LogP contribution in [0, 0.1) is 0 Å². The molecule has 2 unspecified atom stereocenters. The number of amides is 1. The highest BCUT2D eigenvalue weighted by Gasteiger charge is 2.27. The van der Waals surface area contributed by atoms with Gasteiger partial charge in [-0.2, -0.15) is 0 Å². The maximum absolute atomic E-state index is 11.8. The van der Waals surface area contributed by atoms with Gasteiger partial charge in [-0.3, -0.25) is 4.57 Å². The number of ether oxygens (including phenoxy) is 2. The first-order chi connectivity index (χ1) is 7.81. The van der Waals surface area contributed by atoms with Crippen molar-refractivity contribution < 1.29 is 14.3 Å². The van der Waals surface area contributed by atoms with Gasteiger partial charge in [0.15, 0.2) is 0 Å². The van der Waals surface area contributed by atoms with Crippen molar-refractivity contribution in [1.29, 1.82) is 0 Å². The number of nitrogens with zero attached hydrogens (tertiary/aromatic N) is 2. The molecule has 6 heteroatoms. The lowest BCUT2D eigenvalue weighted by Gasteiger charge is -2.30. The third kappa shape index (κ3) is 2.40. The van der Waals surface area contributed by atoms with Crippen molar-refractivity contribution in [3.63, 3.8) is 0 Å². The predicted molar refractivity (Wildman–Crippen MR) is 56.2 cm³/mol.